The Bertz CT molecular complexity index is 1080. The summed E-state index contributed by atoms with van der Waals surface area (Å²) < 4.78 is 36.6. The van der Waals surface area contributed by atoms with Crippen molar-refractivity contribution in [3.05, 3.63) is 51.4 Å². The van der Waals surface area contributed by atoms with Gasteiger partial charge < -0.3 is 42.1 Å². The summed E-state index contributed by atoms with van der Waals surface area (Å²) in [5.74, 6) is -0.0682. The van der Waals surface area contributed by atoms with Gasteiger partial charge in [-0.1, -0.05) is 6.07 Å². The van der Waals surface area contributed by atoms with Gasteiger partial charge in [0.25, 0.3) is 5.91 Å². The maximum absolute atomic E-state index is 12.3. The minimum Gasteiger partial charge on any atom is -0.493 e. The fourth-order valence-electron chi connectivity index (χ4n) is 3.06. The first-order chi connectivity index (χ1) is 16.8. The van der Waals surface area contributed by atoms with E-state index in [1.54, 1.807) is 18.2 Å². The van der Waals surface area contributed by atoms with Crippen LogP contribution in [-0.2, 0) is 21.9 Å². The van der Waals surface area contributed by atoms with E-state index in [4.69, 9.17) is 37.8 Å². The summed E-state index contributed by atoms with van der Waals surface area (Å²) in [6.07, 6.45) is 0.678. The summed E-state index contributed by atoms with van der Waals surface area (Å²) in [7, 11) is 2.12. The molecule has 0 saturated heterocycles. The molecule has 0 fully saturated rings. The molecule has 0 radical (unpaired) electrons. The Hall–Kier alpha value is -2.88. The van der Waals surface area contributed by atoms with Gasteiger partial charge >= 0.3 is 17.2 Å². The van der Waals surface area contributed by atoms with Crippen LogP contribution in [0.25, 0.3) is 10.4 Å². The summed E-state index contributed by atoms with van der Waals surface area (Å²) in [6, 6.07) is 6.51. The molecule has 35 heavy (non-hydrogen) atoms. The van der Waals surface area contributed by atoms with E-state index in [0.717, 1.165) is 0 Å². The number of rotatable bonds is 13. The molecule has 0 aromatic heterocycles. The highest BCUT2D eigenvalue weighted by atomic mass is 31.2. The first kappa shape index (κ1) is 28.4. The number of ether oxygens (including phenoxy) is 3. The van der Waals surface area contributed by atoms with E-state index in [9.17, 15) is 14.6 Å². The number of methoxy groups -OCH3 is 3. The third kappa shape index (κ3) is 7.30. The van der Waals surface area contributed by atoms with Crippen LogP contribution in [0.5, 0.6) is 28.7 Å². The lowest BCUT2D eigenvalue weighted by atomic mass is 10.00. The van der Waals surface area contributed by atoms with Crippen molar-refractivity contribution in [1.82, 2.24) is 0 Å². The largest absolute Gasteiger partial charge is 0.493 e. The van der Waals surface area contributed by atoms with Gasteiger partial charge in [0.05, 0.1) is 26.9 Å². The Balaban J connectivity index is 2.51. The van der Waals surface area contributed by atoms with E-state index in [-0.39, 0.29) is 34.3 Å². The van der Waals surface area contributed by atoms with Crippen molar-refractivity contribution in [2.45, 2.75) is 12.8 Å². The molecule has 13 nitrogen and oxygen atoms in total. The number of aryl methyl sites for hydroxylation is 2. The van der Waals surface area contributed by atoms with Gasteiger partial charge in [0, 0.05) is 19.1 Å². The van der Waals surface area contributed by atoms with Crippen molar-refractivity contribution in [2.75, 3.05) is 35.5 Å². The highest BCUT2D eigenvalue weighted by Crippen LogP contribution is 2.50. The van der Waals surface area contributed by atoms with Crippen molar-refractivity contribution in [2.24, 2.45) is 5.11 Å². The van der Waals surface area contributed by atoms with E-state index < -0.39 is 23.1 Å². The van der Waals surface area contributed by atoms with Crippen molar-refractivity contribution in [3.63, 3.8) is 0 Å². The SMILES string of the molecule is COc1cc(CCc2ccc(OC)c(OP(O)OC)c2OP(O)OC)cc(C(=O)N=[N+]=[N-])c1OC. The zero-order valence-electron chi connectivity index (χ0n) is 19.6. The molecule has 2 unspecified atom stereocenters. The van der Waals surface area contributed by atoms with Crippen molar-refractivity contribution in [1.29, 1.82) is 0 Å². The van der Waals surface area contributed by atoms with Crippen molar-refractivity contribution >= 4 is 23.1 Å². The molecule has 0 heterocycles. The Labute approximate surface area is 204 Å². The predicted molar refractivity (Wildman–Crippen MR) is 127 cm³/mol. The molecule has 0 aliphatic heterocycles. The van der Waals surface area contributed by atoms with E-state index in [0.29, 0.717) is 24.0 Å². The Morgan fingerprint density at radius 2 is 1.51 bits per heavy atom. The van der Waals surface area contributed by atoms with Crippen LogP contribution >= 0.6 is 17.2 Å². The number of hydrogen-bond donors (Lipinski definition) is 2. The molecule has 2 aromatic carbocycles. The lowest BCUT2D eigenvalue weighted by Crippen LogP contribution is -2.05. The summed E-state index contributed by atoms with van der Waals surface area (Å²) in [5.41, 5.74) is 9.92. The van der Waals surface area contributed by atoms with E-state index in [1.807, 2.05) is 0 Å². The monoisotopic (exact) mass is 529 g/mol. The van der Waals surface area contributed by atoms with E-state index >= 15 is 0 Å². The van der Waals surface area contributed by atoms with E-state index in [2.05, 4.69) is 10.0 Å². The normalized spacial score (nSPS) is 12.2. The molecule has 1 amide bonds. The van der Waals surface area contributed by atoms with Crippen LogP contribution in [0.15, 0.2) is 29.4 Å². The first-order valence-electron chi connectivity index (χ1n) is 9.79. The first-order valence-corrected chi connectivity index (χ1v) is 12.1. The highest BCUT2D eigenvalue weighted by molar-refractivity contribution is 7.41. The second-order valence-electron chi connectivity index (χ2n) is 6.48. The number of hydrogen-bond acceptors (Lipinski definition) is 10. The van der Waals surface area contributed by atoms with Gasteiger partial charge in [-0.2, -0.15) is 0 Å². The van der Waals surface area contributed by atoms with Crippen molar-refractivity contribution < 1.29 is 46.9 Å². The van der Waals surface area contributed by atoms with Crippen LogP contribution in [-0.4, -0.2) is 51.2 Å². The summed E-state index contributed by atoms with van der Waals surface area (Å²) in [6.45, 7) is 0. The molecular weight excluding hydrogens is 504 g/mol. The van der Waals surface area contributed by atoms with Gasteiger partial charge in [-0.25, -0.2) is 0 Å². The van der Waals surface area contributed by atoms with Crippen LogP contribution in [0.2, 0.25) is 0 Å². The van der Waals surface area contributed by atoms with E-state index in [1.165, 1.54) is 41.6 Å². The Morgan fingerprint density at radius 3 is 2.06 bits per heavy atom. The average molecular weight is 529 g/mol. The molecule has 15 heteroatoms. The number of nitrogens with zero attached hydrogens (tertiary/aromatic N) is 3. The maximum atomic E-state index is 12.3. The predicted octanol–water partition coefficient (Wildman–Crippen LogP) is 4.44. The minimum atomic E-state index is -2.31. The number of carbonyl (C=O) groups is 1. The molecule has 0 aliphatic rings. The Kier molecular flexibility index (Phi) is 11.2. The third-order valence-corrected chi connectivity index (χ3v) is 5.92. The van der Waals surface area contributed by atoms with Gasteiger partial charge in [0.15, 0.2) is 23.0 Å². The van der Waals surface area contributed by atoms with Gasteiger partial charge in [-0.15, -0.1) is 0 Å². The molecule has 0 spiro atoms. The standard InChI is InChI=1S/C20H25N3O10P2/c1-27-15-9-8-13(17(32-34(25)30-4)19(15)33-35(26)31-5)7-6-12-10-14(20(24)22-23-21)18(29-3)16(11-12)28-2/h8-11,25-26H,6-7H2,1-5H3. The summed E-state index contributed by atoms with van der Waals surface area (Å²) >= 11 is 0. The number of benzene rings is 2. The molecule has 0 bridgehead atoms. The molecule has 2 N–H and O–H groups in total. The maximum Gasteiger partial charge on any atom is 0.394 e. The molecular formula is C20H25N3O10P2. The van der Waals surface area contributed by atoms with Gasteiger partial charge in [0.1, 0.15) is 0 Å². The highest BCUT2D eigenvalue weighted by Gasteiger charge is 2.24. The topological polar surface area (TPSA) is 171 Å². The lowest BCUT2D eigenvalue weighted by Gasteiger charge is -2.20. The minimum absolute atomic E-state index is 0.0191. The molecule has 0 aliphatic carbocycles. The third-order valence-electron chi connectivity index (χ3n) is 4.62. The zero-order valence-corrected chi connectivity index (χ0v) is 21.4. The number of carbonyl (C=O) groups excluding carboxylic acids is 1. The van der Waals surface area contributed by atoms with Crippen LogP contribution < -0.4 is 23.3 Å². The smallest absolute Gasteiger partial charge is 0.394 e. The molecule has 2 atom stereocenters. The van der Waals surface area contributed by atoms with Gasteiger partial charge in [0.2, 0.25) is 5.75 Å². The van der Waals surface area contributed by atoms with Crippen molar-refractivity contribution in [3.8, 4) is 28.7 Å². The fourth-order valence-corrected chi connectivity index (χ4v) is 3.89. The molecule has 0 saturated carbocycles. The Morgan fingerprint density at radius 1 is 0.886 bits per heavy atom. The number of amides is 1. The zero-order chi connectivity index (χ0) is 26.0. The quantitative estimate of drug-likeness (QED) is 0.164. The average Bonchev–Trinajstić information content (AvgIpc) is 2.87. The fraction of sp³-hybridized carbons (Fsp3) is 0.350. The second-order valence-corrected chi connectivity index (χ2v) is 8.53. The summed E-state index contributed by atoms with van der Waals surface area (Å²) in [4.78, 5) is 34.7. The molecule has 2 rings (SSSR count). The molecule has 190 valence electrons. The van der Waals surface area contributed by atoms with Gasteiger partial charge in [-0.3, -0.25) is 4.79 Å². The summed E-state index contributed by atoms with van der Waals surface area (Å²) in [5, 5.41) is 3.14. The van der Waals surface area contributed by atoms with Gasteiger partial charge in [-0.05, 0) is 52.8 Å². The van der Waals surface area contributed by atoms with Crippen LogP contribution in [0.4, 0.5) is 0 Å². The van der Waals surface area contributed by atoms with Crippen LogP contribution in [0, 0.1) is 0 Å². The second kappa shape index (κ2) is 13.9. The molecule has 2 aromatic rings. The number of azide groups is 1. The lowest BCUT2D eigenvalue weighted by molar-refractivity contribution is 0.0996. The van der Waals surface area contributed by atoms with Crippen LogP contribution in [0.1, 0.15) is 21.5 Å². The van der Waals surface area contributed by atoms with Crippen LogP contribution in [0.3, 0.4) is 0 Å².